The second-order valence-corrected chi connectivity index (χ2v) is 3.52. The molecule has 2 heterocycles. The van der Waals surface area contributed by atoms with Gasteiger partial charge < -0.3 is 5.73 Å². The number of aromatic nitrogens is 4. The summed E-state index contributed by atoms with van der Waals surface area (Å²) in [4.78, 5) is 4.30. The average Bonchev–Trinajstić information content (AvgIpc) is 2.63. The largest absolute Gasteiger partial charge is 0.327 e. The fraction of sp³-hybridized carbons (Fsp3) is 0.444. The highest BCUT2D eigenvalue weighted by Crippen LogP contribution is 2.18. The van der Waals surface area contributed by atoms with Crippen LogP contribution in [0.1, 0.15) is 25.5 Å². The van der Waals surface area contributed by atoms with Crippen LogP contribution < -0.4 is 5.73 Å². The molecule has 0 amide bonds. The van der Waals surface area contributed by atoms with Gasteiger partial charge in [-0.05, 0) is 6.92 Å². The molecule has 2 unspecified atom stereocenters. The summed E-state index contributed by atoms with van der Waals surface area (Å²) >= 11 is 0. The monoisotopic (exact) mass is 191 g/mol. The average molecular weight is 191 g/mol. The predicted octanol–water partition coefficient (Wildman–Crippen LogP) is 0.575. The van der Waals surface area contributed by atoms with Crippen molar-refractivity contribution in [2.24, 2.45) is 5.73 Å². The van der Waals surface area contributed by atoms with Crippen LogP contribution in [0, 0.1) is 0 Å². The van der Waals surface area contributed by atoms with Crippen molar-refractivity contribution in [3.63, 3.8) is 0 Å². The van der Waals surface area contributed by atoms with Gasteiger partial charge in [-0.15, -0.1) is 10.2 Å². The molecule has 0 saturated heterocycles. The Labute approximate surface area is 82.0 Å². The van der Waals surface area contributed by atoms with Gasteiger partial charge in [-0.2, -0.15) is 0 Å². The first-order chi connectivity index (χ1) is 6.70. The van der Waals surface area contributed by atoms with E-state index in [0.717, 1.165) is 11.3 Å². The Balaban J connectivity index is 2.56. The number of hydrogen-bond donors (Lipinski definition) is 1. The molecule has 2 aromatic heterocycles. The van der Waals surface area contributed by atoms with Crippen molar-refractivity contribution in [3.05, 3.63) is 24.4 Å². The van der Waals surface area contributed by atoms with E-state index in [9.17, 15) is 0 Å². The van der Waals surface area contributed by atoms with Crippen LogP contribution in [-0.4, -0.2) is 25.6 Å². The van der Waals surface area contributed by atoms with Crippen LogP contribution in [0.15, 0.2) is 18.7 Å². The molecule has 0 aliphatic heterocycles. The van der Waals surface area contributed by atoms with Gasteiger partial charge in [0.25, 0.3) is 0 Å². The molecule has 0 aliphatic carbocycles. The van der Waals surface area contributed by atoms with Gasteiger partial charge in [0.05, 0.1) is 5.69 Å². The smallest absolute Gasteiger partial charge is 0.182 e. The molecule has 2 atom stereocenters. The molecule has 0 fully saturated rings. The molecule has 0 spiro atoms. The Hall–Kier alpha value is -1.49. The zero-order valence-corrected chi connectivity index (χ0v) is 8.25. The Morgan fingerprint density at radius 3 is 2.93 bits per heavy atom. The highest BCUT2D eigenvalue weighted by atomic mass is 15.2. The van der Waals surface area contributed by atoms with Crippen LogP contribution in [0.4, 0.5) is 0 Å². The van der Waals surface area contributed by atoms with Crippen molar-refractivity contribution in [2.45, 2.75) is 25.8 Å². The molecular formula is C9H13N5. The Morgan fingerprint density at radius 2 is 2.21 bits per heavy atom. The van der Waals surface area contributed by atoms with E-state index in [1.165, 1.54) is 0 Å². The fourth-order valence-corrected chi connectivity index (χ4v) is 1.35. The molecule has 2 rings (SSSR count). The van der Waals surface area contributed by atoms with Gasteiger partial charge in [0, 0.05) is 24.4 Å². The maximum atomic E-state index is 5.83. The Morgan fingerprint density at radius 1 is 1.43 bits per heavy atom. The van der Waals surface area contributed by atoms with Gasteiger partial charge in [0.1, 0.15) is 6.33 Å². The lowest BCUT2D eigenvalue weighted by molar-refractivity contribution is 0.599. The molecule has 2 N–H and O–H groups in total. The zero-order chi connectivity index (χ0) is 10.1. The fourth-order valence-electron chi connectivity index (χ4n) is 1.35. The maximum Gasteiger partial charge on any atom is 0.182 e. The molecule has 0 bridgehead atoms. The topological polar surface area (TPSA) is 69.1 Å². The SMILES string of the molecule is CC(N)C(C)c1nccn2cnnc12. The Bertz CT molecular complexity index is 433. The third kappa shape index (κ3) is 1.35. The van der Waals surface area contributed by atoms with Gasteiger partial charge in [0.15, 0.2) is 5.65 Å². The van der Waals surface area contributed by atoms with Crippen LogP contribution in [0.5, 0.6) is 0 Å². The summed E-state index contributed by atoms with van der Waals surface area (Å²) in [5.74, 6) is 0.183. The standard InChI is InChI=1S/C9H13N5/c1-6(7(2)10)8-9-13-12-5-14(9)4-3-11-8/h3-7H,10H2,1-2H3. The molecular weight excluding hydrogens is 178 g/mol. The van der Waals surface area contributed by atoms with Crippen molar-refractivity contribution < 1.29 is 0 Å². The molecule has 14 heavy (non-hydrogen) atoms. The maximum absolute atomic E-state index is 5.83. The van der Waals surface area contributed by atoms with Crippen LogP contribution in [0.2, 0.25) is 0 Å². The van der Waals surface area contributed by atoms with E-state index in [2.05, 4.69) is 15.2 Å². The molecule has 5 nitrogen and oxygen atoms in total. The van der Waals surface area contributed by atoms with Crippen LogP contribution in [0.3, 0.4) is 0 Å². The van der Waals surface area contributed by atoms with Crippen molar-refractivity contribution in [1.82, 2.24) is 19.6 Å². The van der Waals surface area contributed by atoms with Crippen molar-refractivity contribution in [3.8, 4) is 0 Å². The predicted molar refractivity (Wildman–Crippen MR) is 52.8 cm³/mol. The second-order valence-electron chi connectivity index (χ2n) is 3.52. The highest BCUT2D eigenvalue weighted by Gasteiger charge is 2.16. The molecule has 0 saturated carbocycles. The van der Waals surface area contributed by atoms with Crippen molar-refractivity contribution in [2.75, 3.05) is 0 Å². The number of nitrogens with zero attached hydrogens (tertiary/aromatic N) is 4. The quantitative estimate of drug-likeness (QED) is 0.753. The third-order valence-corrected chi connectivity index (χ3v) is 2.46. The summed E-state index contributed by atoms with van der Waals surface area (Å²) in [6.45, 7) is 4.01. The van der Waals surface area contributed by atoms with Gasteiger partial charge in [-0.3, -0.25) is 9.38 Å². The third-order valence-electron chi connectivity index (χ3n) is 2.46. The van der Waals surface area contributed by atoms with Crippen LogP contribution in [-0.2, 0) is 0 Å². The minimum atomic E-state index is 0.0606. The van der Waals surface area contributed by atoms with Gasteiger partial charge in [-0.25, -0.2) is 0 Å². The molecule has 0 aromatic carbocycles. The lowest BCUT2D eigenvalue weighted by Crippen LogP contribution is -2.23. The van der Waals surface area contributed by atoms with Crippen molar-refractivity contribution in [1.29, 1.82) is 0 Å². The summed E-state index contributed by atoms with van der Waals surface area (Å²) in [7, 11) is 0. The first-order valence-electron chi connectivity index (χ1n) is 4.60. The first kappa shape index (κ1) is 9.08. The van der Waals surface area contributed by atoms with E-state index >= 15 is 0 Å². The van der Waals surface area contributed by atoms with E-state index in [1.807, 2.05) is 24.4 Å². The van der Waals surface area contributed by atoms with E-state index in [0.29, 0.717) is 0 Å². The Kier molecular flexibility index (Phi) is 2.17. The number of fused-ring (bicyclic) bond motifs is 1. The minimum absolute atomic E-state index is 0.0606. The lowest BCUT2D eigenvalue weighted by atomic mass is 10.0. The molecule has 74 valence electrons. The number of hydrogen-bond acceptors (Lipinski definition) is 4. The summed E-state index contributed by atoms with van der Waals surface area (Å²) < 4.78 is 1.85. The molecule has 0 radical (unpaired) electrons. The molecule has 5 heteroatoms. The number of rotatable bonds is 2. The number of nitrogens with two attached hydrogens (primary N) is 1. The van der Waals surface area contributed by atoms with Gasteiger partial charge >= 0.3 is 0 Å². The second kappa shape index (κ2) is 3.34. The van der Waals surface area contributed by atoms with E-state index in [1.54, 1.807) is 12.5 Å². The van der Waals surface area contributed by atoms with E-state index in [4.69, 9.17) is 5.73 Å². The first-order valence-corrected chi connectivity index (χ1v) is 4.60. The van der Waals surface area contributed by atoms with Gasteiger partial charge in [-0.1, -0.05) is 6.92 Å². The highest BCUT2D eigenvalue weighted by molar-refractivity contribution is 5.44. The van der Waals surface area contributed by atoms with Crippen LogP contribution >= 0.6 is 0 Å². The summed E-state index contributed by atoms with van der Waals surface area (Å²) in [6, 6.07) is 0.0606. The van der Waals surface area contributed by atoms with Crippen LogP contribution in [0.25, 0.3) is 5.65 Å². The van der Waals surface area contributed by atoms with Gasteiger partial charge in [0.2, 0.25) is 0 Å². The summed E-state index contributed by atoms with van der Waals surface area (Å²) in [5.41, 5.74) is 7.52. The summed E-state index contributed by atoms with van der Waals surface area (Å²) in [5, 5.41) is 7.85. The minimum Gasteiger partial charge on any atom is -0.327 e. The molecule has 0 aliphatic rings. The zero-order valence-electron chi connectivity index (χ0n) is 8.25. The normalized spacial score (nSPS) is 15.6. The van der Waals surface area contributed by atoms with Crippen molar-refractivity contribution >= 4 is 5.65 Å². The van der Waals surface area contributed by atoms with E-state index in [-0.39, 0.29) is 12.0 Å². The lowest BCUT2D eigenvalue weighted by Gasteiger charge is -2.14. The summed E-state index contributed by atoms with van der Waals surface area (Å²) in [6.07, 6.45) is 5.23. The molecule has 2 aromatic rings. The van der Waals surface area contributed by atoms with E-state index < -0.39 is 0 Å².